The number of benzene rings is 6. The molecule has 0 saturated heterocycles. The fraction of sp³-hybridized carbons (Fsp3) is 0. The number of fused-ring (bicyclic) bond motifs is 6. The van der Waals surface area contributed by atoms with Crippen molar-refractivity contribution in [3.8, 4) is 40.1 Å². The van der Waals surface area contributed by atoms with E-state index in [1.54, 1.807) is 6.07 Å². The maximum atomic E-state index is 9.71. The van der Waals surface area contributed by atoms with Crippen molar-refractivity contribution in [1.29, 1.82) is 5.26 Å². The van der Waals surface area contributed by atoms with Crippen molar-refractivity contribution in [3.05, 3.63) is 157 Å². The lowest BCUT2D eigenvalue weighted by Gasteiger charge is -2.10. The molecule has 0 aliphatic rings. The van der Waals surface area contributed by atoms with Crippen molar-refractivity contribution in [1.82, 2.24) is 19.1 Å². The van der Waals surface area contributed by atoms with E-state index >= 15 is 0 Å². The van der Waals surface area contributed by atoms with Gasteiger partial charge in [-0.1, -0.05) is 84.9 Å². The highest BCUT2D eigenvalue weighted by Gasteiger charge is 2.18. The van der Waals surface area contributed by atoms with E-state index in [1.165, 1.54) is 32.6 Å². The molecule has 0 saturated carbocycles. The molecule has 0 fully saturated rings. The summed E-state index contributed by atoms with van der Waals surface area (Å²) < 4.78 is 4.70. The lowest BCUT2D eigenvalue weighted by atomic mass is 10.1. The molecule has 0 aliphatic carbocycles. The normalized spacial score (nSPS) is 11.5. The maximum Gasteiger partial charge on any atom is 0.161 e. The summed E-state index contributed by atoms with van der Waals surface area (Å²) in [7, 11) is 0. The van der Waals surface area contributed by atoms with Gasteiger partial charge in [-0.25, -0.2) is 9.97 Å². The summed E-state index contributed by atoms with van der Waals surface area (Å²) in [5.74, 6) is 0.530. The van der Waals surface area contributed by atoms with E-state index in [0.717, 1.165) is 39.2 Å². The molecule has 3 heterocycles. The Morgan fingerprint density at radius 1 is 0.435 bits per heavy atom. The standard InChI is InChI=1S/C41H25N5/c42-26-29-23-36(27-11-3-1-4-12-27)44-41(43-29)28-19-21-31(22-20-28)46-38-18-10-8-16-33(38)35-24-39-34(25-40(35)46)32-15-7-9-17-37(32)45(39)30-13-5-2-6-14-30/h1-25H. The van der Waals surface area contributed by atoms with Gasteiger partial charge in [0.1, 0.15) is 11.8 Å². The first kappa shape index (κ1) is 25.9. The van der Waals surface area contributed by atoms with Crippen molar-refractivity contribution >= 4 is 43.6 Å². The highest BCUT2D eigenvalue weighted by atomic mass is 15.0. The quantitative estimate of drug-likeness (QED) is 0.206. The SMILES string of the molecule is N#Cc1cc(-c2ccccc2)nc(-c2ccc(-n3c4ccccc4c4cc5c(cc43)c3ccccc3n5-c3ccccc3)cc2)n1. The molecular formula is C41H25N5. The Balaban J connectivity index is 1.24. The minimum atomic E-state index is 0.342. The molecule has 5 nitrogen and oxygen atoms in total. The molecule has 0 spiro atoms. The summed E-state index contributed by atoms with van der Waals surface area (Å²) in [5, 5.41) is 14.5. The van der Waals surface area contributed by atoms with Crippen LogP contribution >= 0.6 is 0 Å². The van der Waals surface area contributed by atoms with Crippen LogP contribution in [0.1, 0.15) is 5.69 Å². The molecule has 9 aromatic rings. The highest BCUT2D eigenvalue weighted by Crippen LogP contribution is 2.39. The topological polar surface area (TPSA) is 59.4 Å². The number of para-hydroxylation sites is 3. The fourth-order valence-electron chi connectivity index (χ4n) is 6.71. The molecule has 0 bridgehead atoms. The van der Waals surface area contributed by atoms with Crippen LogP contribution in [0.15, 0.2) is 152 Å². The zero-order valence-corrected chi connectivity index (χ0v) is 24.7. The van der Waals surface area contributed by atoms with Gasteiger partial charge < -0.3 is 9.13 Å². The molecule has 9 rings (SSSR count). The Morgan fingerprint density at radius 2 is 0.957 bits per heavy atom. The molecule has 46 heavy (non-hydrogen) atoms. The molecule has 0 atom stereocenters. The van der Waals surface area contributed by atoms with E-state index in [9.17, 15) is 5.26 Å². The zero-order valence-electron chi connectivity index (χ0n) is 24.7. The lowest BCUT2D eigenvalue weighted by Crippen LogP contribution is -1.97. The van der Waals surface area contributed by atoms with Crippen molar-refractivity contribution < 1.29 is 0 Å². The van der Waals surface area contributed by atoms with Crippen molar-refractivity contribution in [2.45, 2.75) is 0 Å². The van der Waals surface area contributed by atoms with E-state index in [4.69, 9.17) is 4.98 Å². The van der Waals surface area contributed by atoms with Crippen LogP contribution in [0.4, 0.5) is 0 Å². The van der Waals surface area contributed by atoms with Crippen LogP contribution < -0.4 is 0 Å². The number of nitriles is 1. The number of rotatable bonds is 4. The highest BCUT2D eigenvalue weighted by molar-refractivity contribution is 6.19. The summed E-state index contributed by atoms with van der Waals surface area (Å²) >= 11 is 0. The van der Waals surface area contributed by atoms with E-state index in [1.807, 2.05) is 42.5 Å². The van der Waals surface area contributed by atoms with Gasteiger partial charge in [-0.05, 0) is 60.7 Å². The number of hydrogen-bond donors (Lipinski definition) is 0. The molecular weight excluding hydrogens is 562 g/mol. The van der Waals surface area contributed by atoms with Crippen LogP contribution in [0.3, 0.4) is 0 Å². The van der Waals surface area contributed by atoms with E-state index in [2.05, 4.69) is 123 Å². The summed E-state index contributed by atoms with van der Waals surface area (Å²) in [5.41, 5.74) is 9.71. The summed E-state index contributed by atoms with van der Waals surface area (Å²) in [6.07, 6.45) is 0. The van der Waals surface area contributed by atoms with Gasteiger partial charge in [0.05, 0.1) is 27.8 Å². The minimum Gasteiger partial charge on any atom is -0.309 e. The second-order valence-corrected chi connectivity index (χ2v) is 11.4. The van der Waals surface area contributed by atoms with Gasteiger partial charge in [0.2, 0.25) is 0 Å². The smallest absolute Gasteiger partial charge is 0.161 e. The third-order valence-corrected chi connectivity index (χ3v) is 8.77. The third-order valence-electron chi connectivity index (χ3n) is 8.77. The predicted molar refractivity (Wildman–Crippen MR) is 186 cm³/mol. The Labute approximate surface area is 264 Å². The zero-order chi connectivity index (χ0) is 30.6. The molecule has 5 heteroatoms. The number of hydrogen-bond acceptors (Lipinski definition) is 3. The molecule has 0 amide bonds. The average molecular weight is 588 g/mol. The first-order chi connectivity index (χ1) is 22.8. The number of aromatic nitrogens is 4. The summed E-state index contributed by atoms with van der Waals surface area (Å²) in [4.78, 5) is 9.38. The molecule has 0 aliphatic heterocycles. The van der Waals surface area contributed by atoms with Crippen molar-refractivity contribution in [2.24, 2.45) is 0 Å². The molecule has 3 aromatic heterocycles. The minimum absolute atomic E-state index is 0.342. The van der Waals surface area contributed by atoms with Crippen LogP contribution in [-0.4, -0.2) is 19.1 Å². The van der Waals surface area contributed by atoms with Crippen LogP contribution in [0.25, 0.3) is 77.6 Å². The lowest BCUT2D eigenvalue weighted by molar-refractivity contribution is 1.14. The molecule has 6 aromatic carbocycles. The Morgan fingerprint density at radius 3 is 1.54 bits per heavy atom. The maximum absolute atomic E-state index is 9.71. The fourth-order valence-corrected chi connectivity index (χ4v) is 6.71. The van der Waals surface area contributed by atoms with Crippen molar-refractivity contribution in [2.75, 3.05) is 0 Å². The van der Waals surface area contributed by atoms with Crippen LogP contribution in [-0.2, 0) is 0 Å². The van der Waals surface area contributed by atoms with Gasteiger partial charge in [-0.15, -0.1) is 0 Å². The monoisotopic (exact) mass is 587 g/mol. The summed E-state index contributed by atoms with van der Waals surface area (Å²) in [6, 6.07) is 54.6. The molecule has 0 radical (unpaired) electrons. The molecule has 0 unspecified atom stereocenters. The Bertz CT molecular complexity index is 2620. The Hall–Kier alpha value is -6.51. The third kappa shape index (κ3) is 4.02. The van der Waals surface area contributed by atoms with Crippen LogP contribution in [0.2, 0.25) is 0 Å². The Kier molecular flexibility index (Phi) is 5.81. The molecule has 0 N–H and O–H groups in total. The van der Waals surface area contributed by atoms with E-state index in [0.29, 0.717) is 11.5 Å². The second kappa shape index (κ2) is 10.3. The van der Waals surface area contributed by atoms with Gasteiger partial charge >= 0.3 is 0 Å². The van der Waals surface area contributed by atoms with Crippen molar-refractivity contribution in [3.63, 3.8) is 0 Å². The van der Waals surface area contributed by atoms with Crippen LogP contribution in [0.5, 0.6) is 0 Å². The van der Waals surface area contributed by atoms with Gasteiger partial charge in [0, 0.05) is 50.1 Å². The molecule has 214 valence electrons. The summed E-state index contributed by atoms with van der Waals surface area (Å²) in [6.45, 7) is 0. The average Bonchev–Trinajstić information content (AvgIpc) is 3.63. The second-order valence-electron chi connectivity index (χ2n) is 11.4. The van der Waals surface area contributed by atoms with Crippen LogP contribution in [0, 0.1) is 11.3 Å². The number of nitrogens with zero attached hydrogens (tertiary/aromatic N) is 5. The van der Waals surface area contributed by atoms with E-state index < -0.39 is 0 Å². The first-order valence-electron chi connectivity index (χ1n) is 15.2. The van der Waals surface area contributed by atoms with Gasteiger partial charge in [0.25, 0.3) is 0 Å². The van der Waals surface area contributed by atoms with Gasteiger partial charge in [-0.3, -0.25) is 0 Å². The van der Waals surface area contributed by atoms with E-state index in [-0.39, 0.29) is 0 Å². The van der Waals surface area contributed by atoms with Gasteiger partial charge in [-0.2, -0.15) is 5.26 Å². The largest absolute Gasteiger partial charge is 0.309 e. The predicted octanol–water partition coefficient (Wildman–Crippen LogP) is 9.88. The van der Waals surface area contributed by atoms with Gasteiger partial charge in [0.15, 0.2) is 5.82 Å². The first-order valence-corrected chi connectivity index (χ1v) is 15.2.